The van der Waals surface area contributed by atoms with Crippen molar-refractivity contribution in [3.8, 4) is 22.6 Å². The van der Waals surface area contributed by atoms with Crippen molar-refractivity contribution in [2.45, 2.75) is 66.0 Å². The molecule has 0 aliphatic heterocycles. The molecule has 0 aliphatic carbocycles. The van der Waals surface area contributed by atoms with Crippen molar-refractivity contribution in [1.82, 2.24) is 34.7 Å². The van der Waals surface area contributed by atoms with Crippen LogP contribution >= 0.6 is 0 Å². The molecule has 0 amide bonds. The average Bonchev–Trinajstić information content (AvgIpc) is 3.45. The molecule has 0 radical (unpaired) electrons. The van der Waals surface area contributed by atoms with Crippen LogP contribution in [0.5, 0.6) is 0 Å². The van der Waals surface area contributed by atoms with E-state index in [1.807, 2.05) is 21.3 Å². The molecule has 0 saturated heterocycles. The number of tetrazole rings is 1. The van der Waals surface area contributed by atoms with Crippen molar-refractivity contribution < 1.29 is 0 Å². The molecule has 0 saturated carbocycles. The lowest BCUT2D eigenvalue weighted by Crippen LogP contribution is -2.26. The number of hydrogen-bond acceptors (Lipinski definition) is 5. The molecule has 8 nitrogen and oxygen atoms in total. The van der Waals surface area contributed by atoms with E-state index in [4.69, 9.17) is 0 Å². The molecule has 0 atom stereocenters. The van der Waals surface area contributed by atoms with Crippen LogP contribution in [0.1, 0.15) is 56.5 Å². The van der Waals surface area contributed by atoms with Gasteiger partial charge in [0.05, 0.1) is 6.54 Å². The summed E-state index contributed by atoms with van der Waals surface area (Å²) in [7, 11) is 0. The van der Waals surface area contributed by atoms with Crippen molar-refractivity contribution in [2.75, 3.05) is 0 Å². The van der Waals surface area contributed by atoms with Gasteiger partial charge in [-0.1, -0.05) is 63.4 Å². The van der Waals surface area contributed by atoms with Crippen LogP contribution in [0.25, 0.3) is 22.6 Å². The summed E-state index contributed by atoms with van der Waals surface area (Å²) in [5, 5.41) is 14.3. The SMILES string of the molecule is CCCCCn1c(C)c(CCC)n(Cc2ccc(-c3cccnc3-c3nn[nH]n3)cc2)c1=O. The van der Waals surface area contributed by atoms with Crippen LogP contribution in [0.15, 0.2) is 47.4 Å². The summed E-state index contributed by atoms with van der Waals surface area (Å²) in [4.78, 5) is 17.7. The fourth-order valence-electron chi connectivity index (χ4n) is 4.31. The molecule has 0 unspecified atom stereocenters. The highest BCUT2D eigenvalue weighted by Gasteiger charge is 2.17. The number of aromatic nitrogens is 7. The Kier molecular flexibility index (Phi) is 7.12. The molecule has 0 bridgehead atoms. The maximum atomic E-state index is 13.2. The van der Waals surface area contributed by atoms with Crippen LogP contribution in [0.4, 0.5) is 0 Å². The summed E-state index contributed by atoms with van der Waals surface area (Å²) in [5.41, 5.74) is 6.08. The van der Waals surface area contributed by atoms with Crippen LogP contribution < -0.4 is 5.69 Å². The van der Waals surface area contributed by atoms with E-state index in [1.54, 1.807) is 6.20 Å². The van der Waals surface area contributed by atoms with E-state index in [1.165, 1.54) is 0 Å². The predicted molar refractivity (Wildman–Crippen MR) is 129 cm³/mol. The quantitative estimate of drug-likeness (QED) is 0.365. The first kappa shape index (κ1) is 22.6. The van der Waals surface area contributed by atoms with E-state index in [2.05, 4.69) is 70.6 Å². The molecule has 0 fully saturated rings. The van der Waals surface area contributed by atoms with Gasteiger partial charge in [0.1, 0.15) is 5.69 Å². The molecular weight excluding hydrogens is 414 g/mol. The summed E-state index contributed by atoms with van der Waals surface area (Å²) >= 11 is 0. The van der Waals surface area contributed by atoms with Gasteiger partial charge in [0, 0.05) is 29.7 Å². The Hall–Kier alpha value is -3.55. The minimum atomic E-state index is 0.0998. The number of benzene rings is 1. The standard InChI is InChI=1S/C25H31N7O/c1-4-6-7-16-31-18(3)22(9-5-2)32(25(31)33)17-19-11-13-20(14-12-19)21-10-8-15-26-23(21)24-27-29-30-28-24/h8,10-15H,4-7,9,16-17H2,1-3H3,(H,27,28,29,30). The largest absolute Gasteiger partial charge is 0.328 e. The molecule has 0 aliphatic rings. The lowest BCUT2D eigenvalue weighted by Gasteiger charge is -2.10. The molecule has 0 spiro atoms. The summed E-state index contributed by atoms with van der Waals surface area (Å²) in [6, 6.07) is 12.2. The first-order valence-electron chi connectivity index (χ1n) is 11.7. The van der Waals surface area contributed by atoms with Gasteiger partial charge in [0.25, 0.3) is 0 Å². The number of aromatic amines is 1. The van der Waals surface area contributed by atoms with Crippen LogP contribution in [-0.4, -0.2) is 34.7 Å². The smallest absolute Gasteiger partial charge is 0.296 e. The third-order valence-electron chi connectivity index (χ3n) is 6.05. The van der Waals surface area contributed by atoms with Crippen molar-refractivity contribution >= 4 is 0 Å². The Morgan fingerprint density at radius 1 is 1.00 bits per heavy atom. The molecule has 8 heteroatoms. The van der Waals surface area contributed by atoms with Gasteiger partial charge < -0.3 is 0 Å². The fraction of sp³-hybridized carbons (Fsp3) is 0.400. The first-order valence-corrected chi connectivity index (χ1v) is 11.7. The summed E-state index contributed by atoms with van der Waals surface area (Å²) in [6.45, 7) is 7.79. The highest BCUT2D eigenvalue weighted by molar-refractivity contribution is 5.77. The molecule has 1 aromatic carbocycles. The van der Waals surface area contributed by atoms with Crippen LogP contribution in [0.3, 0.4) is 0 Å². The molecule has 4 rings (SSSR count). The lowest BCUT2D eigenvalue weighted by atomic mass is 10.0. The zero-order chi connectivity index (χ0) is 23.2. The van der Waals surface area contributed by atoms with E-state index in [0.29, 0.717) is 18.1 Å². The molecule has 3 heterocycles. The van der Waals surface area contributed by atoms with Crippen LogP contribution in [-0.2, 0) is 19.5 Å². The topological polar surface area (TPSA) is 94.3 Å². The van der Waals surface area contributed by atoms with Gasteiger partial charge >= 0.3 is 5.69 Å². The summed E-state index contributed by atoms with van der Waals surface area (Å²) in [6.07, 6.45) is 6.96. The Morgan fingerprint density at radius 2 is 1.82 bits per heavy atom. The zero-order valence-corrected chi connectivity index (χ0v) is 19.6. The average molecular weight is 446 g/mol. The van der Waals surface area contributed by atoms with E-state index in [0.717, 1.165) is 66.7 Å². The second-order valence-corrected chi connectivity index (χ2v) is 8.34. The minimum absolute atomic E-state index is 0.0998. The van der Waals surface area contributed by atoms with Gasteiger partial charge in [0.15, 0.2) is 0 Å². The number of hydrogen-bond donors (Lipinski definition) is 1. The minimum Gasteiger partial charge on any atom is -0.296 e. The van der Waals surface area contributed by atoms with E-state index >= 15 is 0 Å². The van der Waals surface area contributed by atoms with E-state index < -0.39 is 0 Å². The number of rotatable bonds is 10. The first-order chi connectivity index (χ1) is 16.1. The second kappa shape index (κ2) is 10.4. The number of H-pyrrole nitrogens is 1. The summed E-state index contributed by atoms with van der Waals surface area (Å²) in [5.74, 6) is 0.463. The van der Waals surface area contributed by atoms with Crippen molar-refractivity contribution in [3.05, 3.63) is 70.0 Å². The van der Waals surface area contributed by atoms with Gasteiger partial charge in [-0.2, -0.15) is 5.21 Å². The predicted octanol–water partition coefficient (Wildman–Crippen LogP) is 4.39. The molecule has 3 aromatic heterocycles. The molecule has 172 valence electrons. The van der Waals surface area contributed by atoms with Gasteiger partial charge in [-0.3, -0.25) is 14.1 Å². The van der Waals surface area contributed by atoms with Gasteiger partial charge in [-0.25, -0.2) is 4.79 Å². The van der Waals surface area contributed by atoms with Crippen molar-refractivity contribution in [2.24, 2.45) is 0 Å². The zero-order valence-electron chi connectivity index (χ0n) is 19.6. The van der Waals surface area contributed by atoms with Gasteiger partial charge in [-0.15, -0.1) is 10.2 Å². The lowest BCUT2D eigenvalue weighted by molar-refractivity contribution is 0.566. The maximum Gasteiger partial charge on any atom is 0.328 e. The second-order valence-electron chi connectivity index (χ2n) is 8.34. The van der Waals surface area contributed by atoms with E-state index in [-0.39, 0.29) is 5.69 Å². The molecule has 33 heavy (non-hydrogen) atoms. The van der Waals surface area contributed by atoms with Crippen LogP contribution in [0.2, 0.25) is 0 Å². The Balaban J connectivity index is 1.62. The van der Waals surface area contributed by atoms with Crippen molar-refractivity contribution in [1.29, 1.82) is 0 Å². The molecule has 4 aromatic rings. The monoisotopic (exact) mass is 445 g/mol. The summed E-state index contributed by atoms with van der Waals surface area (Å²) < 4.78 is 3.91. The Labute approximate surface area is 193 Å². The highest BCUT2D eigenvalue weighted by Crippen LogP contribution is 2.28. The number of unbranched alkanes of at least 4 members (excludes halogenated alkanes) is 2. The highest BCUT2D eigenvalue weighted by atomic mass is 16.1. The van der Waals surface area contributed by atoms with Crippen molar-refractivity contribution in [3.63, 3.8) is 0 Å². The number of pyridine rings is 1. The maximum absolute atomic E-state index is 13.2. The van der Waals surface area contributed by atoms with E-state index in [9.17, 15) is 4.79 Å². The molecule has 1 N–H and O–H groups in total. The Bertz CT molecular complexity index is 1240. The van der Waals surface area contributed by atoms with Crippen LogP contribution in [0, 0.1) is 6.92 Å². The third-order valence-corrected chi connectivity index (χ3v) is 6.05. The van der Waals surface area contributed by atoms with Gasteiger partial charge in [0.2, 0.25) is 5.82 Å². The van der Waals surface area contributed by atoms with Gasteiger partial charge in [-0.05, 0) is 42.2 Å². The number of nitrogens with zero attached hydrogens (tertiary/aromatic N) is 6. The number of imidazole rings is 1. The Morgan fingerprint density at radius 3 is 2.52 bits per heavy atom. The fourth-order valence-corrected chi connectivity index (χ4v) is 4.31. The normalized spacial score (nSPS) is 11.2. The number of nitrogens with one attached hydrogen (secondary N) is 1. The molecular formula is C25H31N7O. The third kappa shape index (κ3) is 4.79.